The molecule has 1 fully saturated rings. The Morgan fingerprint density at radius 3 is 3.00 bits per heavy atom. The van der Waals surface area contributed by atoms with Crippen LogP contribution < -0.4 is 0 Å². The maximum atomic E-state index is 11.6. The molecular weight excluding hydrogens is 186 g/mol. The lowest BCUT2D eigenvalue weighted by atomic mass is 10.2. The third-order valence-corrected chi connectivity index (χ3v) is 2.24. The van der Waals surface area contributed by atoms with Gasteiger partial charge in [-0.05, 0) is 13.3 Å². The van der Waals surface area contributed by atoms with Gasteiger partial charge in [-0.2, -0.15) is 0 Å². The van der Waals surface area contributed by atoms with E-state index < -0.39 is 12.1 Å². The number of ether oxygens (including phenoxy) is 1. The summed E-state index contributed by atoms with van der Waals surface area (Å²) in [7, 11) is 1.22. The zero-order chi connectivity index (χ0) is 11.4. The van der Waals surface area contributed by atoms with Crippen molar-refractivity contribution in [3.05, 3.63) is 0 Å². The highest BCUT2D eigenvalue weighted by Gasteiger charge is 2.31. The summed E-state index contributed by atoms with van der Waals surface area (Å²) in [5.41, 5.74) is 0. The first kappa shape index (κ1) is 9.45. The molecule has 1 aliphatic heterocycles. The van der Waals surface area contributed by atoms with E-state index in [4.69, 9.17) is 1.37 Å². The number of nitrogens with zero attached hydrogens (tertiary/aromatic N) is 1. The molecule has 0 saturated carbocycles. The fourth-order valence-corrected chi connectivity index (χ4v) is 1.49. The van der Waals surface area contributed by atoms with Crippen LogP contribution in [-0.2, 0) is 14.3 Å². The summed E-state index contributed by atoms with van der Waals surface area (Å²) in [5, 5.41) is 9.35. The molecular formula is C9H15NO4. The number of methoxy groups -OCH3 is 1. The van der Waals surface area contributed by atoms with Crippen LogP contribution in [0, 0.1) is 0 Å². The fourth-order valence-electron chi connectivity index (χ4n) is 1.49. The van der Waals surface area contributed by atoms with Crippen molar-refractivity contribution in [2.75, 3.05) is 13.7 Å². The second-order valence-corrected chi connectivity index (χ2v) is 3.34. The van der Waals surface area contributed by atoms with E-state index >= 15 is 0 Å². The molecule has 2 atom stereocenters. The summed E-state index contributed by atoms with van der Waals surface area (Å²) < 4.78 is 11.6. The largest absolute Gasteiger partial charge is 0.469 e. The van der Waals surface area contributed by atoms with Crippen LogP contribution in [0.15, 0.2) is 0 Å². The molecule has 1 amide bonds. The number of carbonyl (C=O) groups is 2. The maximum absolute atomic E-state index is 11.6. The molecule has 0 bridgehead atoms. The van der Waals surface area contributed by atoms with Crippen LogP contribution in [0.1, 0.15) is 21.1 Å². The number of likely N-dealkylation sites (tertiary alicyclic amines) is 1. The van der Waals surface area contributed by atoms with E-state index in [-0.39, 0.29) is 31.8 Å². The number of rotatable bonds is 2. The van der Waals surface area contributed by atoms with E-state index in [0.29, 0.717) is 6.42 Å². The molecule has 5 nitrogen and oxygen atoms in total. The van der Waals surface area contributed by atoms with Gasteiger partial charge < -0.3 is 14.7 Å². The monoisotopic (exact) mass is 202 g/mol. The molecule has 0 aromatic rings. The number of esters is 1. The number of amides is 1. The van der Waals surface area contributed by atoms with Crippen LogP contribution in [-0.4, -0.2) is 47.7 Å². The Labute approximate surface area is 84.0 Å². The molecule has 1 heterocycles. The molecule has 0 radical (unpaired) electrons. The van der Waals surface area contributed by atoms with Crippen LogP contribution in [0.5, 0.6) is 0 Å². The van der Waals surface area contributed by atoms with Crippen molar-refractivity contribution in [3.8, 4) is 0 Å². The van der Waals surface area contributed by atoms with Gasteiger partial charge in [-0.15, -0.1) is 0 Å². The third-order valence-electron chi connectivity index (χ3n) is 2.24. The minimum atomic E-state index is -0.592. The molecule has 1 aliphatic rings. The highest BCUT2D eigenvalue weighted by molar-refractivity contribution is 5.94. The lowest BCUT2D eigenvalue weighted by Crippen LogP contribution is -2.35. The van der Waals surface area contributed by atoms with Gasteiger partial charge in [0, 0.05) is 14.0 Å². The Hall–Kier alpha value is -1.10. The first-order valence-electron chi connectivity index (χ1n) is 5.12. The molecule has 5 heteroatoms. The minimum absolute atomic E-state index is 0.0456. The van der Waals surface area contributed by atoms with E-state index in [1.54, 1.807) is 0 Å². The van der Waals surface area contributed by atoms with Crippen molar-refractivity contribution in [1.82, 2.24) is 4.90 Å². The van der Waals surface area contributed by atoms with Crippen molar-refractivity contribution in [2.24, 2.45) is 0 Å². The van der Waals surface area contributed by atoms with Crippen LogP contribution in [0.3, 0.4) is 0 Å². The molecule has 1 saturated heterocycles. The van der Waals surface area contributed by atoms with Gasteiger partial charge in [0.25, 0.3) is 0 Å². The quantitative estimate of drug-likeness (QED) is 0.485. The standard InChI is InChI=1S/C9H15NO4/c1-6-3-7(11)5-10(6)8(12)4-9(13)14-2/h6-7,11H,3-5H2,1-2H3/t6-,7-/m1/s1/i1D. The van der Waals surface area contributed by atoms with E-state index in [1.807, 2.05) is 0 Å². The average molecular weight is 202 g/mol. The molecule has 1 rings (SSSR count). The van der Waals surface area contributed by atoms with Gasteiger partial charge in [-0.3, -0.25) is 9.59 Å². The van der Waals surface area contributed by atoms with Crippen molar-refractivity contribution in [3.63, 3.8) is 0 Å². The van der Waals surface area contributed by atoms with Gasteiger partial charge in [0.1, 0.15) is 6.42 Å². The van der Waals surface area contributed by atoms with Crippen molar-refractivity contribution >= 4 is 11.9 Å². The third kappa shape index (κ3) is 2.45. The van der Waals surface area contributed by atoms with E-state index in [2.05, 4.69) is 4.74 Å². The Kier molecular flexibility index (Phi) is 2.98. The van der Waals surface area contributed by atoms with Crippen LogP contribution in [0.2, 0.25) is 0 Å². The summed E-state index contributed by atoms with van der Waals surface area (Å²) in [6, 6.07) is -0.280. The number of aliphatic hydroxyl groups is 1. The van der Waals surface area contributed by atoms with Crippen molar-refractivity contribution in [1.29, 1.82) is 0 Å². The first-order chi connectivity index (χ1) is 7.08. The zero-order valence-electron chi connectivity index (χ0n) is 9.10. The summed E-state index contributed by atoms with van der Waals surface area (Å²) in [6.45, 7) is 0.253. The Morgan fingerprint density at radius 2 is 2.43 bits per heavy atom. The summed E-state index contributed by atoms with van der Waals surface area (Å²) in [5.74, 6) is -0.972. The highest BCUT2D eigenvalue weighted by Crippen LogP contribution is 2.18. The second-order valence-electron chi connectivity index (χ2n) is 3.34. The van der Waals surface area contributed by atoms with Gasteiger partial charge in [-0.1, -0.05) is 0 Å². The predicted molar refractivity (Wildman–Crippen MR) is 48.4 cm³/mol. The smallest absolute Gasteiger partial charge is 0.315 e. The van der Waals surface area contributed by atoms with Gasteiger partial charge in [0.2, 0.25) is 5.91 Å². The summed E-state index contributed by atoms with van der Waals surface area (Å²) in [4.78, 5) is 23.8. The molecule has 80 valence electrons. The SMILES string of the molecule is [2H]C[C@@H]1C[C@@H](O)CN1C(=O)CC(=O)OC. The lowest BCUT2D eigenvalue weighted by Gasteiger charge is -2.20. The summed E-state index contributed by atoms with van der Waals surface area (Å²) >= 11 is 0. The first-order valence-corrected chi connectivity index (χ1v) is 4.42. The zero-order valence-corrected chi connectivity index (χ0v) is 8.10. The molecule has 0 aromatic carbocycles. The maximum Gasteiger partial charge on any atom is 0.315 e. The molecule has 0 aliphatic carbocycles. The van der Waals surface area contributed by atoms with Crippen LogP contribution in [0.4, 0.5) is 0 Å². The Bertz CT molecular complexity index is 258. The van der Waals surface area contributed by atoms with E-state index in [1.165, 1.54) is 12.0 Å². The van der Waals surface area contributed by atoms with Crippen molar-refractivity contribution < 1.29 is 20.8 Å². The van der Waals surface area contributed by atoms with Crippen LogP contribution in [0.25, 0.3) is 0 Å². The molecule has 0 aromatic heterocycles. The average Bonchev–Trinajstić information content (AvgIpc) is 2.59. The minimum Gasteiger partial charge on any atom is -0.469 e. The highest BCUT2D eigenvalue weighted by atomic mass is 16.5. The number of hydrogen-bond donors (Lipinski definition) is 1. The number of aliphatic hydroxyl groups excluding tert-OH is 1. The van der Waals surface area contributed by atoms with Crippen molar-refractivity contribution in [2.45, 2.75) is 31.9 Å². The van der Waals surface area contributed by atoms with E-state index in [0.717, 1.165) is 0 Å². The van der Waals surface area contributed by atoms with Gasteiger partial charge in [0.15, 0.2) is 0 Å². The lowest BCUT2D eigenvalue weighted by molar-refractivity contribution is -0.147. The predicted octanol–water partition coefficient (Wildman–Crippen LogP) is -0.469. The Balaban J connectivity index is 2.54. The topological polar surface area (TPSA) is 66.8 Å². The fraction of sp³-hybridized carbons (Fsp3) is 0.778. The van der Waals surface area contributed by atoms with Crippen LogP contribution >= 0.6 is 0 Å². The molecule has 14 heavy (non-hydrogen) atoms. The van der Waals surface area contributed by atoms with E-state index in [9.17, 15) is 14.7 Å². The molecule has 0 unspecified atom stereocenters. The van der Waals surface area contributed by atoms with Gasteiger partial charge >= 0.3 is 5.97 Å². The normalized spacial score (nSPS) is 27.3. The number of hydrogen-bond acceptors (Lipinski definition) is 4. The van der Waals surface area contributed by atoms with Gasteiger partial charge in [0.05, 0.1) is 13.2 Å². The Morgan fingerprint density at radius 1 is 1.71 bits per heavy atom. The number of carbonyl (C=O) groups excluding carboxylic acids is 2. The molecule has 0 spiro atoms. The second kappa shape index (κ2) is 4.41. The van der Waals surface area contributed by atoms with Gasteiger partial charge in [-0.25, -0.2) is 0 Å². The molecule has 1 N–H and O–H groups in total. The summed E-state index contributed by atoms with van der Waals surface area (Å²) in [6.07, 6.45) is -0.488. The number of β-amino-alcohol motifs (C(OH)–C–C–N with tert-alkyl or cyclic N) is 1.